The van der Waals surface area contributed by atoms with Crippen molar-refractivity contribution in [2.75, 3.05) is 30.3 Å². The molecule has 0 saturated carbocycles. The van der Waals surface area contributed by atoms with Gasteiger partial charge in [0.25, 0.3) is 0 Å². The van der Waals surface area contributed by atoms with Crippen molar-refractivity contribution in [1.29, 1.82) is 0 Å². The van der Waals surface area contributed by atoms with Crippen molar-refractivity contribution in [2.45, 2.75) is 39.0 Å². The van der Waals surface area contributed by atoms with Crippen LogP contribution in [0.25, 0.3) is 0 Å². The third kappa shape index (κ3) is 5.03. The Bertz CT molecular complexity index is 463. The third-order valence-electron chi connectivity index (χ3n) is 4.06. The Kier molecular flexibility index (Phi) is 6.80. The highest BCUT2D eigenvalue weighted by Gasteiger charge is 2.33. The quantitative estimate of drug-likeness (QED) is 0.315. The molecule has 1 heterocycles. The molecule has 0 aromatic carbocycles. The van der Waals surface area contributed by atoms with Crippen molar-refractivity contribution in [3.63, 3.8) is 0 Å². The molecule has 124 valence electrons. The van der Waals surface area contributed by atoms with Gasteiger partial charge in [0.1, 0.15) is 11.2 Å². The number of hydrogen-bond acceptors (Lipinski definition) is 6. The minimum atomic E-state index is -3.04. The fourth-order valence-corrected chi connectivity index (χ4v) is 5.49. The average molecular weight is 338 g/mol. The summed E-state index contributed by atoms with van der Waals surface area (Å²) in [6, 6.07) is 0. The molecule has 0 radical (unpaired) electrons. The lowest BCUT2D eigenvalue weighted by molar-refractivity contribution is 0.251. The number of nitrogens with two attached hydrogens (primary N) is 1. The highest BCUT2D eigenvalue weighted by molar-refractivity contribution is 8.01. The summed E-state index contributed by atoms with van der Waals surface area (Å²) in [7, 11) is -3.04. The summed E-state index contributed by atoms with van der Waals surface area (Å²) < 4.78 is 24.3. The van der Waals surface area contributed by atoms with Gasteiger partial charge in [-0.05, 0) is 19.4 Å². The largest absolute Gasteiger partial charge is 0.409 e. The predicted octanol–water partition coefficient (Wildman–Crippen LogP) is 1.35. The van der Waals surface area contributed by atoms with Crippen LogP contribution in [0, 0.1) is 5.41 Å². The first kappa shape index (κ1) is 18.6. The summed E-state index contributed by atoms with van der Waals surface area (Å²) >= 11 is 1.70. The van der Waals surface area contributed by atoms with Crippen LogP contribution in [0.3, 0.4) is 0 Å². The summed E-state index contributed by atoms with van der Waals surface area (Å²) in [6.45, 7) is 7.09. The molecule has 0 aromatic heterocycles. The van der Waals surface area contributed by atoms with E-state index in [0.29, 0.717) is 5.75 Å². The van der Waals surface area contributed by atoms with Crippen molar-refractivity contribution in [3.8, 4) is 0 Å². The van der Waals surface area contributed by atoms with Crippen molar-refractivity contribution >= 4 is 27.4 Å². The van der Waals surface area contributed by atoms with Crippen LogP contribution in [0.15, 0.2) is 5.16 Å². The number of nitrogens with zero attached hydrogens (tertiary/aromatic N) is 2. The molecule has 0 amide bonds. The average Bonchev–Trinajstić information content (AvgIpc) is 2.46. The van der Waals surface area contributed by atoms with Crippen LogP contribution in [-0.4, -0.2) is 60.1 Å². The zero-order chi connectivity index (χ0) is 16.1. The molecule has 0 aromatic rings. The van der Waals surface area contributed by atoms with Crippen molar-refractivity contribution in [2.24, 2.45) is 16.3 Å². The summed E-state index contributed by atoms with van der Waals surface area (Å²) in [5.74, 6) is 2.03. The van der Waals surface area contributed by atoms with Crippen molar-refractivity contribution in [1.82, 2.24) is 4.90 Å². The van der Waals surface area contributed by atoms with E-state index in [1.165, 1.54) is 0 Å². The van der Waals surface area contributed by atoms with Crippen LogP contribution >= 0.6 is 11.8 Å². The van der Waals surface area contributed by atoms with E-state index in [1.54, 1.807) is 18.7 Å². The summed E-state index contributed by atoms with van der Waals surface area (Å²) in [4.78, 5) is 2.07. The standard InChI is InChI=1S/C13H27N3O3S2/c1-4-21(18,19)11-10-20-9-8-16(11)7-5-6-13(2,3)12(14)15-17/h11,17H,4-10H2,1-3H3,(H2,14,15). The number of oxime groups is 1. The molecule has 1 fully saturated rings. The number of rotatable bonds is 7. The molecule has 1 aliphatic heterocycles. The van der Waals surface area contributed by atoms with E-state index in [4.69, 9.17) is 10.9 Å². The maximum absolute atomic E-state index is 12.2. The lowest BCUT2D eigenvalue weighted by atomic mass is 9.86. The van der Waals surface area contributed by atoms with Gasteiger partial charge in [-0.3, -0.25) is 4.90 Å². The van der Waals surface area contributed by atoms with Crippen LogP contribution in [0.1, 0.15) is 33.6 Å². The molecule has 1 unspecified atom stereocenters. The molecular weight excluding hydrogens is 310 g/mol. The molecule has 8 heteroatoms. The Hall–Kier alpha value is -0.470. The van der Waals surface area contributed by atoms with E-state index < -0.39 is 9.84 Å². The van der Waals surface area contributed by atoms with Gasteiger partial charge in [0, 0.05) is 29.2 Å². The molecule has 6 nitrogen and oxygen atoms in total. The molecule has 0 aliphatic carbocycles. The molecule has 1 atom stereocenters. The zero-order valence-electron chi connectivity index (χ0n) is 13.1. The van der Waals surface area contributed by atoms with Crippen LogP contribution in [-0.2, 0) is 9.84 Å². The Labute approximate surface area is 132 Å². The normalized spacial score (nSPS) is 22.4. The van der Waals surface area contributed by atoms with Gasteiger partial charge >= 0.3 is 0 Å². The smallest absolute Gasteiger partial charge is 0.166 e. The van der Waals surface area contributed by atoms with Gasteiger partial charge in [-0.1, -0.05) is 25.9 Å². The van der Waals surface area contributed by atoms with E-state index in [0.717, 1.165) is 31.7 Å². The molecule has 0 spiro atoms. The number of amidine groups is 1. The lowest BCUT2D eigenvalue weighted by Gasteiger charge is -2.35. The Morgan fingerprint density at radius 2 is 2.19 bits per heavy atom. The summed E-state index contributed by atoms with van der Waals surface area (Å²) in [6.07, 6.45) is 1.58. The van der Waals surface area contributed by atoms with Gasteiger partial charge in [-0.2, -0.15) is 11.8 Å². The highest BCUT2D eigenvalue weighted by atomic mass is 32.2. The Morgan fingerprint density at radius 3 is 2.76 bits per heavy atom. The van der Waals surface area contributed by atoms with Gasteiger partial charge in [0.15, 0.2) is 9.84 Å². The number of sulfone groups is 1. The fourth-order valence-electron chi connectivity index (χ4n) is 2.38. The molecule has 21 heavy (non-hydrogen) atoms. The molecule has 1 rings (SSSR count). The first-order chi connectivity index (χ1) is 9.74. The van der Waals surface area contributed by atoms with Gasteiger partial charge in [0.2, 0.25) is 0 Å². The van der Waals surface area contributed by atoms with E-state index >= 15 is 0 Å². The Morgan fingerprint density at radius 1 is 1.52 bits per heavy atom. The second kappa shape index (κ2) is 7.69. The van der Waals surface area contributed by atoms with Gasteiger partial charge in [-0.25, -0.2) is 8.42 Å². The first-order valence-corrected chi connectivity index (χ1v) is 10.1. The SMILES string of the molecule is CCS(=O)(=O)C1CSCCN1CCCC(C)(C)C(N)=NO. The van der Waals surface area contributed by atoms with Crippen molar-refractivity contribution in [3.05, 3.63) is 0 Å². The van der Waals surface area contributed by atoms with Gasteiger partial charge in [-0.15, -0.1) is 0 Å². The van der Waals surface area contributed by atoms with E-state index in [2.05, 4.69) is 10.1 Å². The predicted molar refractivity (Wildman–Crippen MR) is 88.6 cm³/mol. The molecule has 3 N–H and O–H groups in total. The molecular formula is C13H27N3O3S2. The van der Waals surface area contributed by atoms with Crippen molar-refractivity contribution < 1.29 is 13.6 Å². The fraction of sp³-hybridized carbons (Fsp3) is 0.923. The van der Waals surface area contributed by atoms with Gasteiger partial charge in [0.05, 0.1) is 0 Å². The molecule has 0 bridgehead atoms. The summed E-state index contributed by atoms with van der Waals surface area (Å²) in [5, 5.41) is 11.5. The Balaban J connectivity index is 2.60. The van der Waals surface area contributed by atoms with E-state index in [1.807, 2.05) is 13.8 Å². The minimum Gasteiger partial charge on any atom is -0.409 e. The number of hydrogen-bond donors (Lipinski definition) is 2. The van der Waals surface area contributed by atoms with Crippen LogP contribution in [0.5, 0.6) is 0 Å². The maximum atomic E-state index is 12.2. The zero-order valence-corrected chi connectivity index (χ0v) is 14.7. The van der Waals surface area contributed by atoms with Crippen LogP contribution < -0.4 is 5.73 Å². The molecule has 1 saturated heterocycles. The molecule has 1 aliphatic rings. The van der Waals surface area contributed by atoms with Gasteiger partial charge < -0.3 is 10.9 Å². The summed E-state index contributed by atoms with van der Waals surface area (Å²) in [5.41, 5.74) is 5.30. The van der Waals surface area contributed by atoms with E-state index in [9.17, 15) is 8.42 Å². The minimum absolute atomic E-state index is 0.185. The topological polar surface area (TPSA) is 96.0 Å². The maximum Gasteiger partial charge on any atom is 0.166 e. The second-order valence-corrected chi connectivity index (χ2v) is 9.59. The first-order valence-electron chi connectivity index (χ1n) is 7.26. The monoisotopic (exact) mass is 337 g/mol. The highest BCUT2D eigenvalue weighted by Crippen LogP contribution is 2.25. The van der Waals surface area contributed by atoms with Crippen LogP contribution in [0.2, 0.25) is 0 Å². The third-order valence-corrected chi connectivity index (χ3v) is 7.39. The number of thioether (sulfide) groups is 1. The van der Waals surface area contributed by atoms with Crippen LogP contribution in [0.4, 0.5) is 0 Å². The second-order valence-electron chi connectivity index (χ2n) is 5.99. The lowest BCUT2D eigenvalue weighted by Crippen LogP contribution is -2.48. The van der Waals surface area contributed by atoms with E-state index in [-0.39, 0.29) is 22.4 Å².